The summed E-state index contributed by atoms with van der Waals surface area (Å²) in [7, 11) is -9.90. The van der Waals surface area contributed by atoms with Crippen LogP contribution in [0.4, 0.5) is 0 Å². The smallest absolute Gasteiger partial charge is 0.462 e. The first-order valence-electron chi connectivity index (χ1n) is 34.6. The van der Waals surface area contributed by atoms with E-state index < -0.39 is 97.5 Å². The van der Waals surface area contributed by atoms with Crippen LogP contribution in [0.2, 0.25) is 0 Å². The standard InChI is InChI=1S/C67H126O17P2/c1-5-9-13-17-21-25-28-29-30-31-34-38-42-46-50-54-67(72)84-63(58-78-65(70)52-48-44-40-36-32-26-22-18-14-10-6-2)60-82-86(75,76)80-56-61(68)55-79-85(73,74)81-59-62(57-77-64(69)51-47-43-39-35-24-20-16-12-8-4)83-66(71)53-49-45-41-37-33-27-23-19-15-11-7-3/h25,28-30,61-63,68H,5-24,26-27,31-60H2,1-4H3,(H,73,74)(H,75,76)/b28-25-,30-29-/t61-,62+,63+/m0/s1. The number of esters is 4. The lowest BCUT2D eigenvalue weighted by molar-refractivity contribution is -0.161. The Bertz CT molecular complexity index is 1750. The van der Waals surface area contributed by atoms with E-state index in [0.29, 0.717) is 25.7 Å². The van der Waals surface area contributed by atoms with E-state index in [1.54, 1.807) is 0 Å². The van der Waals surface area contributed by atoms with Crippen molar-refractivity contribution in [1.82, 2.24) is 0 Å². The summed E-state index contributed by atoms with van der Waals surface area (Å²) in [5.74, 6) is -2.16. The number of aliphatic hydroxyl groups excluding tert-OH is 1. The number of phosphoric acid groups is 2. The molecule has 0 aliphatic carbocycles. The van der Waals surface area contributed by atoms with Gasteiger partial charge in [0.05, 0.1) is 26.4 Å². The zero-order valence-electron chi connectivity index (χ0n) is 54.8. The highest BCUT2D eigenvalue weighted by molar-refractivity contribution is 7.47. The van der Waals surface area contributed by atoms with Gasteiger partial charge in [-0.05, 0) is 51.4 Å². The molecule has 0 aliphatic heterocycles. The highest BCUT2D eigenvalue weighted by Gasteiger charge is 2.30. The number of carbonyl (C=O) groups is 4. The summed E-state index contributed by atoms with van der Waals surface area (Å²) in [4.78, 5) is 72.3. The highest BCUT2D eigenvalue weighted by atomic mass is 31.2. The van der Waals surface area contributed by atoms with Crippen molar-refractivity contribution < 1.29 is 80.2 Å². The minimum atomic E-state index is -4.95. The van der Waals surface area contributed by atoms with Crippen LogP contribution in [0.3, 0.4) is 0 Å². The number of hydrogen-bond donors (Lipinski definition) is 3. The van der Waals surface area contributed by atoms with Crippen LogP contribution in [0.1, 0.15) is 323 Å². The average molecular weight is 1270 g/mol. The Balaban J connectivity index is 5.27. The second-order valence-corrected chi connectivity index (χ2v) is 26.4. The predicted octanol–water partition coefficient (Wildman–Crippen LogP) is 18.7. The third kappa shape index (κ3) is 60.5. The number of aliphatic hydroxyl groups is 1. The van der Waals surface area contributed by atoms with Crippen molar-refractivity contribution in [3.63, 3.8) is 0 Å². The van der Waals surface area contributed by atoms with E-state index in [1.807, 2.05) is 0 Å². The van der Waals surface area contributed by atoms with E-state index in [2.05, 4.69) is 52.0 Å². The number of ether oxygens (including phenoxy) is 4. The van der Waals surface area contributed by atoms with E-state index >= 15 is 0 Å². The van der Waals surface area contributed by atoms with Crippen LogP contribution in [0.15, 0.2) is 24.3 Å². The molecule has 0 rings (SSSR count). The molecule has 0 aromatic carbocycles. The average Bonchev–Trinajstić information content (AvgIpc) is 3.70. The van der Waals surface area contributed by atoms with Crippen molar-refractivity contribution in [3.05, 3.63) is 24.3 Å². The molecule has 0 radical (unpaired) electrons. The molecule has 86 heavy (non-hydrogen) atoms. The van der Waals surface area contributed by atoms with Gasteiger partial charge in [-0.2, -0.15) is 0 Å². The lowest BCUT2D eigenvalue weighted by Crippen LogP contribution is -2.30. The van der Waals surface area contributed by atoms with Gasteiger partial charge in [0.25, 0.3) is 0 Å². The van der Waals surface area contributed by atoms with Gasteiger partial charge in [0, 0.05) is 25.7 Å². The van der Waals surface area contributed by atoms with Crippen molar-refractivity contribution in [3.8, 4) is 0 Å². The van der Waals surface area contributed by atoms with Gasteiger partial charge >= 0.3 is 39.5 Å². The van der Waals surface area contributed by atoms with Crippen molar-refractivity contribution >= 4 is 39.5 Å². The van der Waals surface area contributed by atoms with Crippen LogP contribution in [0, 0.1) is 0 Å². The van der Waals surface area contributed by atoms with Crippen LogP contribution < -0.4 is 0 Å². The zero-order chi connectivity index (χ0) is 63.3. The number of allylic oxidation sites excluding steroid dienone is 4. The van der Waals surface area contributed by atoms with Crippen LogP contribution in [-0.4, -0.2) is 96.7 Å². The molecule has 2 unspecified atom stereocenters. The second-order valence-electron chi connectivity index (χ2n) is 23.5. The minimum absolute atomic E-state index is 0.0855. The minimum Gasteiger partial charge on any atom is -0.462 e. The predicted molar refractivity (Wildman–Crippen MR) is 345 cm³/mol. The Kier molecular flexibility index (Phi) is 59.6. The van der Waals surface area contributed by atoms with E-state index in [4.69, 9.17) is 37.0 Å². The SMILES string of the molecule is CCCCCC/C=C\C=C/CCCCCCCC(=O)O[C@H](COC(=O)CCCCCCCCCCCCC)COP(=O)(O)OC[C@@H](O)COP(=O)(O)OC[C@@H](COC(=O)CCCCCCCCCCC)OC(=O)CCCCCCCCCCCCC. The van der Waals surface area contributed by atoms with Gasteiger partial charge < -0.3 is 33.8 Å². The van der Waals surface area contributed by atoms with Crippen molar-refractivity contribution in [2.45, 2.75) is 341 Å². The van der Waals surface area contributed by atoms with Gasteiger partial charge in [0.1, 0.15) is 19.3 Å². The van der Waals surface area contributed by atoms with Crippen LogP contribution in [0.25, 0.3) is 0 Å². The van der Waals surface area contributed by atoms with E-state index in [0.717, 1.165) is 103 Å². The maximum absolute atomic E-state index is 13.0. The normalized spacial score (nSPS) is 14.3. The second kappa shape index (κ2) is 61.4. The molecule has 0 amide bonds. The van der Waals surface area contributed by atoms with E-state index in [1.165, 1.54) is 141 Å². The fraction of sp³-hybridized carbons (Fsp3) is 0.881. The molecule has 0 aromatic rings. The third-order valence-corrected chi connectivity index (χ3v) is 16.9. The molecular formula is C67H126O17P2. The van der Waals surface area contributed by atoms with Gasteiger partial charge in [0.15, 0.2) is 12.2 Å². The monoisotopic (exact) mass is 1260 g/mol. The molecule has 0 bridgehead atoms. The molecule has 19 heteroatoms. The number of hydrogen-bond acceptors (Lipinski definition) is 15. The van der Waals surface area contributed by atoms with Crippen molar-refractivity contribution in [2.75, 3.05) is 39.6 Å². The van der Waals surface area contributed by atoms with Crippen molar-refractivity contribution in [1.29, 1.82) is 0 Å². The maximum atomic E-state index is 13.0. The molecule has 5 atom stereocenters. The quantitative estimate of drug-likeness (QED) is 0.0169. The van der Waals surface area contributed by atoms with Crippen LogP contribution >= 0.6 is 15.6 Å². The molecule has 0 aromatic heterocycles. The Morgan fingerprint density at radius 3 is 0.849 bits per heavy atom. The molecule has 0 fully saturated rings. The number of carbonyl (C=O) groups excluding carboxylic acids is 4. The maximum Gasteiger partial charge on any atom is 0.472 e. The fourth-order valence-corrected chi connectivity index (χ4v) is 11.2. The van der Waals surface area contributed by atoms with Gasteiger partial charge in [0.2, 0.25) is 0 Å². The summed E-state index contributed by atoms with van der Waals surface area (Å²) in [5, 5.41) is 10.5. The Hall–Kier alpha value is -2.46. The topological polar surface area (TPSA) is 237 Å². The molecule has 0 spiro atoms. The lowest BCUT2D eigenvalue weighted by atomic mass is 10.1. The highest BCUT2D eigenvalue weighted by Crippen LogP contribution is 2.45. The van der Waals surface area contributed by atoms with E-state index in [9.17, 15) is 43.2 Å². The molecule has 0 saturated carbocycles. The molecule has 3 N–H and O–H groups in total. The Morgan fingerprint density at radius 1 is 0.326 bits per heavy atom. The zero-order valence-corrected chi connectivity index (χ0v) is 56.6. The largest absolute Gasteiger partial charge is 0.472 e. The van der Waals surface area contributed by atoms with Gasteiger partial charge in [-0.15, -0.1) is 0 Å². The molecule has 0 aliphatic rings. The summed E-state index contributed by atoms with van der Waals surface area (Å²) < 4.78 is 68.0. The van der Waals surface area contributed by atoms with Crippen LogP contribution in [0.5, 0.6) is 0 Å². The molecule has 0 saturated heterocycles. The van der Waals surface area contributed by atoms with Gasteiger partial charge in [-0.25, -0.2) is 9.13 Å². The van der Waals surface area contributed by atoms with Crippen molar-refractivity contribution in [2.24, 2.45) is 0 Å². The molecular weight excluding hydrogens is 1140 g/mol. The lowest BCUT2D eigenvalue weighted by Gasteiger charge is -2.21. The first-order valence-corrected chi connectivity index (χ1v) is 37.6. The first-order chi connectivity index (χ1) is 41.7. The Labute approximate surface area is 522 Å². The Morgan fingerprint density at radius 2 is 0.558 bits per heavy atom. The van der Waals surface area contributed by atoms with E-state index in [-0.39, 0.29) is 25.7 Å². The summed E-state index contributed by atoms with van der Waals surface area (Å²) in [6.07, 6.45) is 50.6. The number of phosphoric ester groups is 2. The third-order valence-electron chi connectivity index (χ3n) is 15.0. The fourth-order valence-electron chi connectivity index (χ4n) is 9.62. The summed E-state index contributed by atoms with van der Waals surface area (Å²) in [6.45, 7) is 4.83. The first kappa shape index (κ1) is 83.5. The summed E-state index contributed by atoms with van der Waals surface area (Å²) in [5.41, 5.74) is 0. The number of rotatable bonds is 66. The molecule has 0 heterocycles. The number of unbranched alkanes of at least 4 members (excludes halogenated alkanes) is 37. The van der Waals surface area contributed by atoms with Gasteiger partial charge in [-0.3, -0.25) is 37.3 Å². The summed E-state index contributed by atoms with van der Waals surface area (Å²) >= 11 is 0. The van der Waals surface area contributed by atoms with Gasteiger partial charge in [-0.1, -0.05) is 270 Å². The molecule has 506 valence electrons. The molecule has 17 nitrogen and oxygen atoms in total. The van der Waals surface area contributed by atoms with Crippen LogP contribution in [-0.2, 0) is 65.4 Å². The summed E-state index contributed by atoms with van der Waals surface area (Å²) in [6, 6.07) is 0.